The van der Waals surface area contributed by atoms with Crippen LogP contribution in [0, 0.1) is 0 Å². The fourth-order valence-electron chi connectivity index (χ4n) is 1.02. The lowest BCUT2D eigenvalue weighted by Gasteiger charge is -2.17. The number of sulfonamides is 1. The maximum absolute atomic E-state index is 11.8. The van der Waals surface area contributed by atoms with Crippen LogP contribution in [0.5, 0.6) is 0 Å². The van der Waals surface area contributed by atoms with Crippen molar-refractivity contribution in [3.05, 3.63) is 0 Å². The summed E-state index contributed by atoms with van der Waals surface area (Å²) < 4.78 is 59.4. The highest BCUT2D eigenvalue weighted by Crippen LogP contribution is 2.21. The van der Waals surface area contributed by atoms with Crippen LogP contribution in [0.4, 0.5) is 13.2 Å². The standard InChI is InChI=1S/C8H17F3N2O2S/c1-12-5-6-13(2)16(14,15)7-3-4-8(9,10)11/h12H,3-7H2,1-2H3. The second kappa shape index (κ2) is 6.41. The van der Waals surface area contributed by atoms with Crippen molar-refractivity contribution in [2.75, 3.05) is 32.9 Å². The van der Waals surface area contributed by atoms with E-state index >= 15 is 0 Å². The van der Waals surface area contributed by atoms with Gasteiger partial charge in [0, 0.05) is 26.6 Å². The second-order valence-corrected chi connectivity index (χ2v) is 5.66. The van der Waals surface area contributed by atoms with Crippen LogP contribution in [0.1, 0.15) is 12.8 Å². The summed E-state index contributed by atoms with van der Waals surface area (Å²) in [5.41, 5.74) is 0. The van der Waals surface area contributed by atoms with Gasteiger partial charge in [-0.3, -0.25) is 0 Å². The molecule has 0 fully saturated rings. The van der Waals surface area contributed by atoms with Crippen molar-refractivity contribution < 1.29 is 21.6 Å². The van der Waals surface area contributed by atoms with Gasteiger partial charge in [0.25, 0.3) is 0 Å². The summed E-state index contributed by atoms with van der Waals surface area (Å²) in [5, 5.41) is 2.76. The third-order valence-electron chi connectivity index (χ3n) is 2.01. The van der Waals surface area contributed by atoms with E-state index in [0.29, 0.717) is 6.54 Å². The SMILES string of the molecule is CNCCN(C)S(=O)(=O)CCCC(F)(F)F. The van der Waals surface area contributed by atoms with Crippen LogP contribution in [0.3, 0.4) is 0 Å². The lowest BCUT2D eigenvalue weighted by molar-refractivity contribution is -0.134. The third kappa shape index (κ3) is 7.02. The number of hydrogen-bond donors (Lipinski definition) is 1. The van der Waals surface area contributed by atoms with Crippen LogP contribution in [0.25, 0.3) is 0 Å². The van der Waals surface area contributed by atoms with Gasteiger partial charge in [-0.15, -0.1) is 0 Å². The molecular formula is C8H17F3N2O2S. The van der Waals surface area contributed by atoms with Crippen molar-refractivity contribution in [1.82, 2.24) is 9.62 Å². The van der Waals surface area contributed by atoms with Crippen LogP contribution in [0.2, 0.25) is 0 Å². The topological polar surface area (TPSA) is 49.4 Å². The molecule has 0 aromatic rings. The predicted molar refractivity (Wildman–Crippen MR) is 55.6 cm³/mol. The van der Waals surface area contributed by atoms with Crippen LogP contribution in [0.15, 0.2) is 0 Å². The molecule has 1 N–H and O–H groups in total. The zero-order valence-electron chi connectivity index (χ0n) is 9.34. The van der Waals surface area contributed by atoms with Gasteiger partial charge in [-0.2, -0.15) is 13.2 Å². The summed E-state index contributed by atoms with van der Waals surface area (Å²) in [7, 11) is -0.530. The first-order chi connectivity index (χ1) is 7.19. The van der Waals surface area contributed by atoms with Crippen molar-refractivity contribution in [2.24, 2.45) is 0 Å². The molecule has 16 heavy (non-hydrogen) atoms. The van der Waals surface area contributed by atoms with Gasteiger partial charge >= 0.3 is 6.18 Å². The maximum atomic E-state index is 11.8. The van der Waals surface area contributed by atoms with Crippen LogP contribution >= 0.6 is 0 Å². The number of alkyl halides is 3. The van der Waals surface area contributed by atoms with Gasteiger partial charge in [-0.25, -0.2) is 12.7 Å². The van der Waals surface area contributed by atoms with Crippen LogP contribution in [-0.2, 0) is 10.0 Å². The molecular weight excluding hydrogens is 245 g/mol. The highest BCUT2D eigenvalue weighted by Gasteiger charge is 2.28. The van der Waals surface area contributed by atoms with Gasteiger partial charge in [-0.05, 0) is 13.5 Å². The first-order valence-corrected chi connectivity index (χ1v) is 6.45. The van der Waals surface area contributed by atoms with E-state index in [0.717, 1.165) is 4.31 Å². The van der Waals surface area contributed by atoms with Crippen LogP contribution < -0.4 is 5.32 Å². The molecule has 4 nitrogen and oxygen atoms in total. The van der Waals surface area contributed by atoms with E-state index in [-0.39, 0.29) is 6.54 Å². The summed E-state index contributed by atoms with van der Waals surface area (Å²) >= 11 is 0. The van der Waals surface area contributed by atoms with Crippen molar-refractivity contribution >= 4 is 10.0 Å². The molecule has 0 aliphatic heterocycles. The molecule has 0 bridgehead atoms. The molecule has 0 saturated carbocycles. The molecule has 0 heterocycles. The minimum atomic E-state index is -4.29. The first-order valence-electron chi connectivity index (χ1n) is 4.84. The van der Waals surface area contributed by atoms with Gasteiger partial charge < -0.3 is 5.32 Å². The van der Waals surface area contributed by atoms with E-state index in [2.05, 4.69) is 5.32 Å². The average molecular weight is 262 g/mol. The molecule has 0 amide bonds. The Morgan fingerprint density at radius 1 is 1.31 bits per heavy atom. The molecule has 0 rings (SSSR count). The predicted octanol–water partition coefficient (Wildman–Crippen LogP) is 0.810. The lowest BCUT2D eigenvalue weighted by Crippen LogP contribution is -2.34. The van der Waals surface area contributed by atoms with E-state index in [4.69, 9.17) is 0 Å². The largest absolute Gasteiger partial charge is 0.389 e. The Kier molecular flexibility index (Phi) is 6.27. The number of rotatable bonds is 7. The Morgan fingerprint density at radius 2 is 1.88 bits per heavy atom. The highest BCUT2D eigenvalue weighted by molar-refractivity contribution is 7.89. The van der Waals surface area contributed by atoms with E-state index in [1.807, 2.05) is 0 Å². The minimum Gasteiger partial charge on any atom is -0.318 e. The van der Waals surface area contributed by atoms with Gasteiger partial charge in [0.2, 0.25) is 10.0 Å². The fourth-order valence-corrected chi connectivity index (χ4v) is 2.21. The molecule has 0 aromatic heterocycles. The van der Waals surface area contributed by atoms with E-state index in [1.54, 1.807) is 7.05 Å². The number of nitrogens with zero attached hydrogens (tertiary/aromatic N) is 1. The number of likely N-dealkylation sites (N-methyl/N-ethyl adjacent to an activating group) is 2. The van der Waals surface area contributed by atoms with E-state index in [9.17, 15) is 21.6 Å². The highest BCUT2D eigenvalue weighted by atomic mass is 32.2. The van der Waals surface area contributed by atoms with Gasteiger partial charge in [0.05, 0.1) is 5.75 Å². The molecule has 0 aromatic carbocycles. The number of halogens is 3. The van der Waals surface area contributed by atoms with Gasteiger partial charge in [-0.1, -0.05) is 0 Å². The Bertz CT molecular complexity index is 290. The van der Waals surface area contributed by atoms with Crippen molar-refractivity contribution in [3.63, 3.8) is 0 Å². The van der Waals surface area contributed by atoms with E-state index < -0.39 is 34.8 Å². The Labute approximate surface area is 93.9 Å². The Hall–Kier alpha value is -0.340. The zero-order valence-corrected chi connectivity index (χ0v) is 10.2. The molecule has 0 aliphatic rings. The lowest BCUT2D eigenvalue weighted by atomic mass is 10.3. The fraction of sp³-hybridized carbons (Fsp3) is 1.00. The van der Waals surface area contributed by atoms with Gasteiger partial charge in [0.1, 0.15) is 0 Å². The van der Waals surface area contributed by atoms with Crippen molar-refractivity contribution in [2.45, 2.75) is 19.0 Å². The quantitative estimate of drug-likeness (QED) is 0.738. The summed E-state index contributed by atoms with van der Waals surface area (Å²) in [4.78, 5) is 0. The minimum absolute atomic E-state index is 0.255. The Balaban J connectivity index is 4.05. The maximum Gasteiger partial charge on any atom is 0.389 e. The molecule has 0 radical (unpaired) electrons. The van der Waals surface area contributed by atoms with Crippen LogP contribution in [-0.4, -0.2) is 51.8 Å². The monoisotopic (exact) mass is 262 g/mol. The zero-order chi connectivity index (χ0) is 12.8. The van der Waals surface area contributed by atoms with Crippen molar-refractivity contribution in [1.29, 1.82) is 0 Å². The van der Waals surface area contributed by atoms with Gasteiger partial charge in [0.15, 0.2) is 0 Å². The summed E-state index contributed by atoms with van der Waals surface area (Å²) in [6, 6.07) is 0. The smallest absolute Gasteiger partial charge is 0.318 e. The molecule has 0 aliphatic carbocycles. The normalized spacial score (nSPS) is 13.4. The molecule has 0 unspecified atom stereocenters. The first kappa shape index (κ1) is 15.7. The Morgan fingerprint density at radius 3 is 2.31 bits per heavy atom. The second-order valence-electron chi connectivity index (χ2n) is 3.46. The molecule has 0 spiro atoms. The average Bonchev–Trinajstić information content (AvgIpc) is 2.11. The third-order valence-corrected chi connectivity index (χ3v) is 3.95. The van der Waals surface area contributed by atoms with Crippen molar-refractivity contribution in [3.8, 4) is 0 Å². The summed E-state index contributed by atoms with van der Waals surface area (Å²) in [6.07, 6.45) is -5.75. The number of nitrogens with one attached hydrogen (secondary N) is 1. The van der Waals surface area contributed by atoms with E-state index in [1.165, 1.54) is 7.05 Å². The molecule has 98 valence electrons. The number of hydrogen-bond acceptors (Lipinski definition) is 3. The molecule has 0 saturated heterocycles. The molecule has 8 heteroatoms. The molecule has 0 atom stereocenters. The summed E-state index contributed by atoms with van der Waals surface area (Å²) in [6.45, 7) is 0.722. The summed E-state index contributed by atoms with van der Waals surface area (Å²) in [5.74, 6) is -0.466.